The fourth-order valence-corrected chi connectivity index (χ4v) is 2.61. The molecule has 1 atom stereocenters. The Balaban J connectivity index is 2.35. The number of thiol groups is 1. The maximum atomic E-state index is 11.5. The molecule has 1 aliphatic heterocycles. The van der Waals surface area contributed by atoms with Gasteiger partial charge in [0.25, 0.3) is 0 Å². The minimum Gasteiger partial charge on any atom is -0.444 e. The third kappa shape index (κ3) is 5.02. The number of rotatable bonds is 3. The van der Waals surface area contributed by atoms with Gasteiger partial charge in [0.15, 0.2) is 0 Å². The van der Waals surface area contributed by atoms with Crippen LogP contribution in [0.1, 0.15) is 33.6 Å². The first-order valence-electron chi connectivity index (χ1n) is 6.20. The Morgan fingerprint density at radius 3 is 2.78 bits per heavy atom. The first-order valence-corrected chi connectivity index (χ1v) is 7.25. The molecule has 1 amide bonds. The van der Waals surface area contributed by atoms with Crippen LogP contribution in [0.25, 0.3) is 0 Å². The van der Waals surface area contributed by atoms with Crippen LogP contribution >= 0.6 is 24.8 Å². The molecule has 18 heavy (non-hydrogen) atoms. The number of nitrogens with zero attached hydrogens (tertiary/aromatic N) is 1. The molecule has 1 saturated heterocycles. The SMILES string of the molecule is CC(C)(C)OC(=O)NCC(=S)N1CCC[C@@H]1CS. The molecule has 0 aromatic carbocycles. The minimum atomic E-state index is -0.479. The second-order valence-corrected chi connectivity index (χ2v) is 6.26. The molecule has 4 nitrogen and oxygen atoms in total. The summed E-state index contributed by atoms with van der Waals surface area (Å²) in [5.74, 6) is 0.798. The van der Waals surface area contributed by atoms with Crippen LogP contribution in [0.3, 0.4) is 0 Å². The number of carbonyl (C=O) groups excluding carboxylic acids is 1. The van der Waals surface area contributed by atoms with Crippen LogP contribution in [-0.2, 0) is 4.74 Å². The van der Waals surface area contributed by atoms with Crippen LogP contribution in [0, 0.1) is 0 Å². The molecule has 6 heteroatoms. The number of amides is 1. The zero-order valence-corrected chi connectivity index (χ0v) is 12.9. The number of alkyl carbamates (subject to hydrolysis) is 1. The van der Waals surface area contributed by atoms with Gasteiger partial charge in [-0.3, -0.25) is 0 Å². The van der Waals surface area contributed by atoms with Gasteiger partial charge in [0.05, 0.1) is 11.5 Å². The van der Waals surface area contributed by atoms with E-state index >= 15 is 0 Å². The molecule has 0 unspecified atom stereocenters. The Morgan fingerprint density at radius 1 is 1.56 bits per heavy atom. The number of nitrogens with one attached hydrogen (secondary N) is 1. The average molecular weight is 290 g/mol. The molecular weight excluding hydrogens is 268 g/mol. The van der Waals surface area contributed by atoms with E-state index in [1.807, 2.05) is 20.8 Å². The summed E-state index contributed by atoms with van der Waals surface area (Å²) in [5.41, 5.74) is -0.479. The quantitative estimate of drug-likeness (QED) is 0.618. The molecule has 1 rings (SSSR count). The highest BCUT2D eigenvalue weighted by Gasteiger charge is 2.25. The fourth-order valence-electron chi connectivity index (χ4n) is 1.92. The van der Waals surface area contributed by atoms with Gasteiger partial charge in [-0.05, 0) is 33.6 Å². The smallest absolute Gasteiger partial charge is 0.408 e. The Hall–Kier alpha value is -0.490. The molecule has 0 radical (unpaired) electrons. The molecule has 0 aromatic rings. The van der Waals surface area contributed by atoms with E-state index in [1.165, 1.54) is 0 Å². The van der Waals surface area contributed by atoms with Crippen molar-refractivity contribution in [1.29, 1.82) is 0 Å². The molecule has 1 aliphatic rings. The van der Waals surface area contributed by atoms with E-state index in [2.05, 4.69) is 22.8 Å². The van der Waals surface area contributed by atoms with Crippen molar-refractivity contribution in [1.82, 2.24) is 10.2 Å². The molecule has 1 heterocycles. The molecule has 0 spiro atoms. The zero-order valence-electron chi connectivity index (χ0n) is 11.2. The molecule has 1 fully saturated rings. The van der Waals surface area contributed by atoms with Crippen molar-refractivity contribution in [2.75, 3.05) is 18.8 Å². The van der Waals surface area contributed by atoms with Gasteiger partial charge in [-0.2, -0.15) is 12.6 Å². The molecule has 104 valence electrons. The largest absolute Gasteiger partial charge is 0.444 e. The number of hydrogen-bond donors (Lipinski definition) is 2. The van der Waals surface area contributed by atoms with Crippen molar-refractivity contribution in [2.24, 2.45) is 0 Å². The van der Waals surface area contributed by atoms with Crippen molar-refractivity contribution >= 4 is 35.9 Å². The number of carbonyl (C=O) groups is 1. The molecule has 0 aromatic heterocycles. The summed E-state index contributed by atoms with van der Waals surface area (Å²) in [4.78, 5) is 14.4. The van der Waals surface area contributed by atoms with Crippen LogP contribution in [-0.4, -0.2) is 46.5 Å². The first kappa shape index (κ1) is 15.6. The first-order chi connectivity index (χ1) is 8.33. The van der Waals surface area contributed by atoms with Crippen LogP contribution in [0.15, 0.2) is 0 Å². The predicted octanol–water partition coefficient (Wildman–Crippen LogP) is 2.23. The van der Waals surface area contributed by atoms with Crippen molar-refractivity contribution < 1.29 is 9.53 Å². The number of likely N-dealkylation sites (tertiary alicyclic amines) is 1. The lowest BCUT2D eigenvalue weighted by atomic mass is 10.2. The summed E-state index contributed by atoms with van der Waals surface area (Å²) in [5, 5.41) is 2.69. The Kier molecular flexibility index (Phi) is 5.72. The van der Waals surface area contributed by atoms with Gasteiger partial charge in [-0.15, -0.1) is 0 Å². The van der Waals surface area contributed by atoms with E-state index in [4.69, 9.17) is 17.0 Å². The van der Waals surface area contributed by atoms with Crippen LogP contribution in [0.2, 0.25) is 0 Å². The van der Waals surface area contributed by atoms with Gasteiger partial charge in [0.2, 0.25) is 0 Å². The van der Waals surface area contributed by atoms with Gasteiger partial charge in [0.1, 0.15) is 5.60 Å². The van der Waals surface area contributed by atoms with Crippen LogP contribution < -0.4 is 5.32 Å². The second-order valence-electron chi connectivity index (χ2n) is 5.42. The van der Waals surface area contributed by atoms with E-state index in [0.29, 0.717) is 12.6 Å². The minimum absolute atomic E-state index is 0.356. The topological polar surface area (TPSA) is 41.6 Å². The summed E-state index contributed by atoms with van der Waals surface area (Å²) in [6.07, 6.45) is 1.83. The van der Waals surface area contributed by atoms with Gasteiger partial charge in [0, 0.05) is 18.3 Å². The van der Waals surface area contributed by atoms with E-state index in [0.717, 1.165) is 30.1 Å². The Bertz CT molecular complexity index is 316. The lowest BCUT2D eigenvalue weighted by Gasteiger charge is -2.26. The van der Waals surface area contributed by atoms with Crippen LogP contribution in [0.5, 0.6) is 0 Å². The van der Waals surface area contributed by atoms with E-state index in [-0.39, 0.29) is 0 Å². The van der Waals surface area contributed by atoms with E-state index in [9.17, 15) is 4.79 Å². The third-order valence-electron chi connectivity index (χ3n) is 2.69. The van der Waals surface area contributed by atoms with Gasteiger partial charge in [-0.25, -0.2) is 4.79 Å². The van der Waals surface area contributed by atoms with Gasteiger partial charge >= 0.3 is 6.09 Å². The monoisotopic (exact) mass is 290 g/mol. The molecule has 0 aliphatic carbocycles. The van der Waals surface area contributed by atoms with E-state index in [1.54, 1.807) is 0 Å². The molecule has 1 N–H and O–H groups in total. The molecule has 0 saturated carbocycles. The van der Waals surface area contributed by atoms with E-state index < -0.39 is 11.7 Å². The Labute approximate surface area is 120 Å². The molecule has 0 bridgehead atoms. The van der Waals surface area contributed by atoms with Crippen molar-refractivity contribution in [2.45, 2.75) is 45.3 Å². The summed E-state index contributed by atoms with van der Waals surface area (Å²) < 4.78 is 5.16. The summed E-state index contributed by atoms with van der Waals surface area (Å²) in [6.45, 7) is 6.82. The predicted molar refractivity (Wildman–Crippen MR) is 80.4 cm³/mol. The van der Waals surface area contributed by atoms with Gasteiger partial charge in [-0.1, -0.05) is 12.2 Å². The fraction of sp³-hybridized carbons (Fsp3) is 0.833. The summed E-state index contributed by atoms with van der Waals surface area (Å²) in [7, 11) is 0. The maximum absolute atomic E-state index is 11.5. The van der Waals surface area contributed by atoms with Crippen molar-refractivity contribution in [3.63, 3.8) is 0 Å². The highest BCUT2D eigenvalue weighted by Crippen LogP contribution is 2.18. The second kappa shape index (κ2) is 6.61. The van der Waals surface area contributed by atoms with Crippen molar-refractivity contribution in [3.8, 4) is 0 Å². The third-order valence-corrected chi connectivity index (χ3v) is 3.49. The lowest BCUT2D eigenvalue weighted by molar-refractivity contribution is 0.0535. The Morgan fingerprint density at radius 2 is 2.22 bits per heavy atom. The number of ether oxygens (including phenoxy) is 1. The highest BCUT2D eigenvalue weighted by molar-refractivity contribution is 7.80. The highest BCUT2D eigenvalue weighted by atomic mass is 32.1. The maximum Gasteiger partial charge on any atom is 0.408 e. The normalized spacial score (nSPS) is 19.8. The molecular formula is C12H22N2O2S2. The summed E-state index contributed by atoms with van der Waals surface area (Å²) >= 11 is 9.66. The number of thiocarbonyl (C=S) groups is 1. The number of hydrogen-bond acceptors (Lipinski definition) is 4. The standard InChI is InChI=1S/C12H22N2O2S2/c1-12(2,3)16-11(15)13-7-10(18)14-6-4-5-9(14)8-17/h9,17H,4-8H2,1-3H3,(H,13,15)/t9-/m1/s1. The van der Waals surface area contributed by atoms with Gasteiger partial charge < -0.3 is 15.0 Å². The lowest BCUT2D eigenvalue weighted by Crippen LogP contribution is -2.43. The van der Waals surface area contributed by atoms with Crippen LogP contribution in [0.4, 0.5) is 4.79 Å². The summed E-state index contributed by atoms with van der Waals surface area (Å²) in [6, 6.07) is 0.404. The van der Waals surface area contributed by atoms with Crippen molar-refractivity contribution in [3.05, 3.63) is 0 Å². The average Bonchev–Trinajstić information content (AvgIpc) is 2.71. The zero-order chi connectivity index (χ0) is 13.8.